The number of aryl methyl sites for hydroxylation is 3. The van der Waals surface area contributed by atoms with Gasteiger partial charge in [-0.25, -0.2) is 5.43 Å². The van der Waals surface area contributed by atoms with Crippen LogP contribution in [0.15, 0.2) is 12.4 Å². The lowest BCUT2D eigenvalue weighted by atomic mass is 10.0. The highest BCUT2D eigenvalue weighted by molar-refractivity contribution is 5.37. The van der Waals surface area contributed by atoms with Gasteiger partial charge >= 0.3 is 0 Å². The summed E-state index contributed by atoms with van der Waals surface area (Å²) in [7, 11) is 5.39. The molecule has 0 saturated carbocycles. The summed E-state index contributed by atoms with van der Waals surface area (Å²) in [5.41, 5.74) is 5.76. The molecule has 104 valence electrons. The Morgan fingerprint density at radius 1 is 1.47 bits per heavy atom. The summed E-state index contributed by atoms with van der Waals surface area (Å²) < 4.78 is 8.90. The van der Waals surface area contributed by atoms with Crippen molar-refractivity contribution in [2.24, 2.45) is 19.9 Å². The highest BCUT2D eigenvalue weighted by Crippen LogP contribution is 2.30. The fraction of sp³-hybridized carbons (Fsp3) is 0.500. The molecule has 0 aliphatic rings. The maximum atomic E-state index is 5.74. The number of aromatic nitrogens is 4. The maximum Gasteiger partial charge on any atom is 0.161 e. The Kier molecular flexibility index (Phi) is 3.87. The predicted molar refractivity (Wildman–Crippen MR) is 71.5 cm³/mol. The fourth-order valence-corrected chi connectivity index (χ4v) is 2.30. The Morgan fingerprint density at radius 2 is 2.21 bits per heavy atom. The molecular formula is C12H20N6O. The van der Waals surface area contributed by atoms with Crippen LogP contribution in [0.2, 0.25) is 0 Å². The van der Waals surface area contributed by atoms with Crippen molar-refractivity contribution in [1.29, 1.82) is 0 Å². The van der Waals surface area contributed by atoms with Crippen LogP contribution >= 0.6 is 0 Å². The number of rotatable bonds is 5. The number of nitrogens with two attached hydrogens (primary N) is 1. The zero-order chi connectivity index (χ0) is 14.0. The van der Waals surface area contributed by atoms with Gasteiger partial charge in [-0.2, -0.15) is 10.2 Å². The lowest BCUT2D eigenvalue weighted by Crippen LogP contribution is -2.31. The number of hydrazine groups is 1. The van der Waals surface area contributed by atoms with Crippen LogP contribution < -0.4 is 16.0 Å². The second-order valence-corrected chi connectivity index (χ2v) is 4.38. The molecule has 0 aliphatic carbocycles. The van der Waals surface area contributed by atoms with E-state index in [1.165, 1.54) is 0 Å². The van der Waals surface area contributed by atoms with E-state index in [1.807, 2.05) is 20.3 Å². The number of hydrogen-bond acceptors (Lipinski definition) is 5. The molecule has 0 aliphatic heterocycles. The lowest BCUT2D eigenvalue weighted by molar-refractivity contribution is 0.401. The molecule has 3 N–H and O–H groups in total. The van der Waals surface area contributed by atoms with E-state index < -0.39 is 0 Å². The molecule has 0 spiro atoms. The minimum absolute atomic E-state index is 0.203. The summed E-state index contributed by atoms with van der Waals surface area (Å²) in [6.45, 7) is 2.07. The molecule has 7 heteroatoms. The van der Waals surface area contributed by atoms with Crippen LogP contribution in [0.4, 0.5) is 0 Å². The number of ether oxygens (including phenoxy) is 1. The van der Waals surface area contributed by atoms with Gasteiger partial charge in [0.25, 0.3) is 0 Å². The first kappa shape index (κ1) is 13.6. The number of nitrogens with one attached hydrogen (secondary N) is 1. The van der Waals surface area contributed by atoms with E-state index in [9.17, 15) is 0 Å². The van der Waals surface area contributed by atoms with Crippen molar-refractivity contribution in [2.45, 2.75) is 19.4 Å². The standard InChI is InChI=1S/C12H20N6O/c1-5-9-8(7-17(2)16-9)11(15-13)12-10(19-4)6-14-18(12)3/h6-7,11,15H,5,13H2,1-4H3. The molecule has 0 aromatic carbocycles. The molecule has 0 fully saturated rings. The molecule has 2 aromatic rings. The fourth-order valence-electron chi connectivity index (χ4n) is 2.30. The van der Waals surface area contributed by atoms with Crippen LogP contribution in [-0.4, -0.2) is 26.7 Å². The minimum Gasteiger partial charge on any atom is -0.493 e. The Balaban J connectivity index is 2.52. The van der Waals surface area contributed by atoms with Crippen molar-refractivity contribution in [3.63, 3.8) is 0 Å². The van der Waals surface area contributed by atoms with Crippen molar-refractivity contribution in [3.05, 3.63) is 29.3 Å². The Labute approximate surface area is 112 Å². The van der Waals surface area contributed by atoms with Crippen molar-refractivity contribution < 1.29 is 4.74 Å². The average Bonchev–Trinajstić information content (AvgIpc) is 2.95. The molecule has 2 aromatic heterocycles. The second kappa shape index (κ2) is 5.41. The van der Waals surface area contributed by atoms with Crippen molar-refractivity contribution in [1.82, 2.24) is 25.0 Å². The number of methoxy groups -OCH3 is 1. The topological polar surface area (TPSA) is 82.9 Å². The highest BCUT2D eigenvalue weighted by Gasteiger charge is 2.25. The van der Waals surface area contributed by atoms with Gasteiger partial charge in [-0.15, -0.1) is 0 Å². The third-order valence-electron chi connectivity index (χ3n) is 3.19. The molecule has 0 bridgehead atoms. The largest absolute Gasteiger partial charge is 0.493 e. The predicted octanol–water partition coefficient (Wildman–Crippen LogP) is 0.277. The molecule has 19 heavy (non-hydrogen) atoms. The van der Waals surface area contributed by atoms with Crippen molar-refractivity contribution >= 4 is 0 Å². The van der Waals surface area contributed by atoms with Gasteiger partial charge in [0.05, 0.1) is 25.0 Å². The second-order valence-electron chi connectivity index (χ2n) is 4.38. The molecular weight excluding hydrogens is 244 g/mol. The molecule has 0 amide bonds. The van der Waals surface area contributed by atoms with Crippen LogP contribution in [0.5, 0.6) is 5.75 Å². The van der Waals surface area contributed by atoms with Crippen LogP contribution in [0, 0.1) is 0 Å². The molecule has 1 atom stereocenters. The van der Waals surface area contributed by atoms with E-state index in [0.717, 1.165) is 23.4 Å². The summed E-state index contributed by atoms with van der Waals surface area (Å²) >= 11 is 0. The van der Waals surface area contributed by atoms with E-state index in [-0.39, 0.29) is 6.04 Å². The van der Waals surface area contributed by atoms with E-state index in [0.29, 0.717) is 5.75 Å². The third-order valence-corrected chi connectivity index (χ3v) is 3.19. The molecule has 0 saturated heterocycles. The first-order chi connectivity index (χ1) is 9.12. The van der Waals surface area contributed by atoms with Gasteiger partial charge in [-0.05, 0) is 6.42 Å². The van der Waals surface area contributed by atoms with E-state index in [4.69, 9.17) is 10.6 Å². The van der Waals surface area contributed by atoms with E-state index in [2.05, 4.69) is 22.5 Å². The van der Waals surface area contributed by atoms with Gasteiger partial charge in [0.15, 0.2) is 5.75 Å². The summed E-state index contributed by atoms with van der Waals surface area (Å²) in [5, 5.41) is 8.66. The average molecular weight is 264 g/mol. The zero-order valence-electron chi connectivity index (χ0n) is 11.7. The molecule has 2 heterocycles. The highest BCUT2D eigenvalue weighted by atomic mass is 16.5. The maximum absolute atomic E-state index is 5.74. The molecule has 7 nitrogen and oxygen atoms in total. The quantitative estimate of drug-likeness (QED) is 0.598. The van der Waals surface area contributed by atoms with Gasteiger partial charge in [-0.3, -0.25) is 15.2 Å². The minimum atomic E-state index is -0.203. The van der Waals surface area contributed by atoms with Gasteiger partial charge in [0.1, 0.15) is 5.69 Å². The van der Waals surface area contributed by atoms with Crippen LogP contribution in [-0.2, 0) is 20.5 Å². The molecule has 2 rings (SSSR count). The molecule has 1 unspecified atom stereocenters. The third kappa shape index (κ3) is 2.34. The smallest absolute Gasteiger partial charge is 0.161 e. The number of hydrogen-bond donors (Lipinski definition) is 2. The summed E-state index contributed by atoms with van der Waals surface area (Å²) in [5.74, 6) is 6.44. The van der Waals surface area contributed by atoms with Crippen LogP contribution in [0.1, 0.15) is 29.9 Å². The SMILES string of the molecule is CCc1nn(C)cc1C(NN)c1c(OC)cnn1C. The Hall–Kier alpha value is -1.86. The van der Waals surface area contributed by atoms with E-state index >= 15 is 0 Å². The lowest BCUT2D eigenvalue weighted by Gasteiger charge is -2.17. The van der Waals surface area contributed by atoms with Gasteiger partial charge in [0, 0.05) is 25.9 Å². The Morgan fingerprint density at radius 3 is 2.79 bits per heavy atom. The van der Waals surface area contributed by atoms with Gasteiger partial charge in [-0.1, -0.05) is 6.92 Å². The zero-order valence-corrected chi connectivity index (χ0v) is 11.7. The first-order valence-corrected chi connectivity index (χ1v) is 6.16. The molecule has 0 radical (unpaired) electrons. The van der Waals surface area contributed by atoms with Gasteiger partial charge in [0.2, 0.25) is 0 Å². The van der Waals surface area contributed by atoms with Crippen LogP contribution in [0.25, 0.3) is 0 Å². The van der Waals surface area contributed by atoms with Gasteiger partial charge < -0.3 is 4.74 Å². The van der Waals surface area contributed by atoms with E-state index in [1.54, 1.807) is 22.7 Å². The monoisotopic (exact) mass is 264 g/mol. The summed E-state index contributed by atoms with van der Waals surface area (Å²) in [6.07, 6.45) is 4.49. The summed E-state index contributed by atoms with van der Waals surface area (Å²) in [6, 6.07) is -0.203. The van der Waals surface area contributed by atoms with Crippen molar-refractivity contribution in [3.8, 4) is 5.75 Å². The summed E-state index contributed by atoms with van der Waals surface area (Å²) in [4.78, 5) is 0. The normalized spacial score (nSPS) is 12.7. The van der Waals surface area contributed by atoms with Crippen LogP contribution in [0.3, 0.4) is 0 Å². The van der Waals surface area contributed by atoms with Crippen molar-refractivity contribution in [2.75, 3.05) is 7.11 Å². The number of nitrogens with zero attached hydrogens (tertiary/aromatic N) is 4. The first-order valence-electron chi connectivity index (χ1n) is 6.16. The Bertz CT molecular complexity index is 559.